The molecule has 1 aromatic carbocycles. The van der Waals surface area contributed by atoms with Crippen molar-refractivity contribution < 1.29 is 20.1 Å². The van der Waals surface area contributed by atoms with E-state index >= 15 is 0 Å². The molecule has 0 fully saturated rings. The average Bonchev–Trinajstić information content (AvgIpc) is 2.99. The topological polar surface area (TPSA) is 12.9 Å². The Morgan fingerprint density at radius 1 is 1.11 bits per heavy atom. The molecule has 0 bridgehead atoms. The molecule has 0 amide bonds. The summed E-state index contributed by atoms with van der Waals surface area (Å²) in [7, 11) is 0. The zero-order valence-electron chi connectivity index (χ0n) is 9.31. The number of nitrogens with zero attached hydrogens (tertiary/aromatic N) is 1. The number of aromatic nitrogens is 1. The van der Waals surface area contributed by atoms with E-state index in [0.29, 0.717) is 0 Å². The molecule has 1 aliphatic carbocycles. The van der Waals surface area contributed by atoms with Gasteiger partial charge >= 0.3 is 0 Å². The summed E-state index contributed by atoms with van der Waals surface area (Å²) in [6.07, 6.45) is 4.32. The predicted molar refractivity (Wildman–Crippen MR) is 72.8 cm³/mol. The van der Waals surface area contributed by atoms with Crippen LogP contribution in [-0.4, -0.2) is 4.98 Å². The first-order valence-electron chi connectivity index (χ1n) is 5.49. The minimum Gasteiger partial charge on any atom is -0.310 e. The smallest absolute Gasteiger partial charge is 0.0571 e. The first-order chi connectivity index (χ1) is 8.42. The number of rotatable bonds is 1. The van der Waals surface area contributed by atoms with Crippen molar-refractivity contribution in [3.63, 3.8) is 0 Å². The predicted octanol–water partition coefficient (Wildman–Crippen LogP) is 4.24. The summed E-state index contributed by atoms with van der Waals surface area (Å²) >= 11 is 1.68. The Kier molecular flexibility index (Phi) is 2.90. The molecular formula is C15H8IrNS-. The molecule has 1 nitrogen and oxygen atoms in total. The van der Waals surface area contributed by atoms with Crippen molar-refractivity contribution in [2.24, 2.45) is 0 Å². The molecule has 89 valence electrons. The molecule has 18 heavy (non-hydrogen) atoms. The number of pyridine rings is 1. The van der Waals surface area contributed by atoms with Gasteiger partial charge in [0.2, 0.25) is 0 Å². The van der Waals surface area contributed by atoms with Crippen LogP contribution < -0.4 is 0 Å². The molecule has 0 unspecified atom stereocenters. The van der Waals surface area contributed by atoms with Crippen molar-refractivity contribution in [3.05, 3.63) is 52.9 Å². The fraction of sp³-hybridized carbons (Fsp3) is 0. The van der Waals surface area contributed by atoms with E-state index in [1.807, 2.05) is 11.4 Å². The minimum atomic E-state index is 0. The monoisotopic (exact) mass is 427 g/mol. The number of hydrogen-bond acceptors (Lipinski definition) is 2. The third-order valence-electron chi connectivity index (χ3n) is 3.04. The summed E-state index contributed by atoms with van der Waals surface area (Å²) in [5.74, 6) is 0. The van der Waals surface area contributed by atoms with Crippen LogP contribution in [0.5, 0.6) is 0 Å². The van der Waals surface area contributed by atoms with Gasteiger partial charge in [-0.05, 0) is 22.9 Å². The molecule has 2 heterocycles. The van der Waals surface area contributed by atoms with Gasteiger partial charge in [-0.15, -0.1) is 5.38 Å². The van der Waals surface area contributed by atoms with Gasteiger partial charge in [0.1, 0.15) is 0 Å². The Balaban J connectivity index is 0.000001000. The van der Waals surface area contributed by atoms with Crippen LogP contribution >= 0.6 is 11.3 Å². The van der Waals surface area contributed by atoms with E-state index in [2.05, 4.69) is 42.5 Å². The standard InChI is InChI=1S/C15H8NS.Ir/c1-3-10-6-7-11-9-13(14-5-2-8-17-14)16-12(4-1)15(10)11;/h1-4,6-9H;/q-1;. The van der Waals surface area contributed by atoms with Crippen LogP contribution in [0.3, 0.4) is 0 Å². The molecule has 0 aliphatic heterocycles. The van der Waals surface area contributed by atoms with E-state index in [4.69, 9.17) is 4.98 Å². The molecule has 0 N–H and O–H groups in total. The van der Waals surface area contributed by atoms with E-state index in [1.54, 1.807) is 11.3 Å². The molecule has 3 aromatic rings. The Morgan fingerprint density at radius 2 is 2.00 bits per heavy atom. The van der Waals surface area contributed by atoms with E-state index < -0.39 is 0 Å². The largest absolute Gasteiger partial charge is 0.310 e. The van der Waals surface area contributed by atoms with Crippen LogP contribution in [0, 0.1) is 6.07 Å². The molecule has 0 spiro atoms. The number of benzene rings is 1. The van der Waals surface area contributed by atoms with E-state index in [0.717, 1.165) is 16.1 Å². The van der Waals surface area contributed by atoms with Gasteiger partial charge in [-0.25, -0.2) is 11.3 Å². The SMILES string of the molecule is [Ir].[c-]1ccsc1-c1cc2c3c(cccc3n1)C=C2. The minimum absolute atomic E-state index is 0. The third kappa shape index (κ3) is 1.67. The van der Waals surface area contributed by atoms with Crippen LogP contribution in [0.25, 0.3) is 33.6 Å². The molecule has 1 radical (unpaired) electrons. The van der Waals surface area contributed by atoms with Crippen molar-refractivity contribution in [3.8, 4) is 10.6 Å². The normalized spacial score (nSPS) is 11.8. The second kappa shape index (κ2) is 4.43. The average molecular weight is 427 g/mol. The maximum absolute atomic E-state index is 4.72. The Labute approximate surface area is 123 Å². The number of thiophene rings is 1. The van der Waals surface area contributed by atoms with E-state index in [-0.39, 0.29) is 20.1 Å². The molecule has 4 rings (SSSR count). The van der Waals surface area contributed by atoms with E-state index in [9.17, 15) is 0 Å². The molecule has 0 saturated heterocycles. The van der Waals surface area contributed by atoms with Crippen LogP contribution in [0.1, 0.15) is 11.1 Å². The van der Waals surface area contributed by atoms with Crippen LogP contribution in [-0.2, 0) is 20.1 Å². The van der Waals surface area contributed by atoms with Crippen LogP contribution in [0.2, 0.25) is 0 Å². The summed E-state index contributed by atoms with van der Waals surface area (Å²) in [6.45, 7) is 0. The molecule has 2 aromatic heterocycles. The van der Waals surface area contributed by atoms with Gasteiger partial charge < -0.3 is 4.98 Å². The zero-order valence-corrected chi connectivity index (χ0v) is 12.5. The molecule has 0 saturated carbocycles. The number of hydrogen-bond donors (Lipinski definition) is 0. The second-order valence-electron chi connectivity index (χ2n) is 4.07. The van der Waals surface area contributed by atoms with Crippen molar-refractivity contribution >= 4 is 34.4 Å². The summed E-state index contributed by atoms with van der Waals surface area (Å²) in [5.41, 5.74) is 4.63. The Hall–Kier alpha value is -1.28. The van der Waals surface area contributed by atoms with Crippen molar-refractivity contribution in [1.82, 2.24) is 4.98 Å². The van der Waals surface area contributed by atoms with Gasteiger partial charge in [0.15, 0.2) is 0 Å². The zero-order chi connectivity index (χ0) is 11.2. The fourth-order valence-corrected chi connectivity index (χ4v) is 2.93. The quantitative estimate of drug-likeness (QED) is 0.415. The van der Waals surface area contributed by atoms with Crippen molar-refractivity contribution in [2.45, 2.75) is 0 Å². The molecular weight excluding hydrogens is 418 g/mol. The first kappa shape index (κ1) is 11.8. The molecule has 1 aliphatic rings. The third-order valence-corrected chi connectivity index (χ3v) is 3.87. The van der Waals surface area contributed by atoms with Gasteiger partial charge in [0.25, 0.3) is 0 Å². The van der Waals surface area contributed by atoms with E-state index in [1.165, 1.54) is 16.5 Å². The second-order valence-corrected chi connectivity index (χ2v) is 4.98. The molecule has 0 atom stereocenters. The van der Waals surface area contributed by atoms with Gasteiger partial charge in [-0.3, -0.25) is 0 Å². The Bertz CT molecular complexity index is 745. The van der Waals surface area contributed by atoms with Gasteiger partial charge in [0.05, 0.1) is 5.52 Å². The van der Waals surface area contributed by atoms with Gasteiger partial charge in [0, 0.05) is 25.5 Å². The summed E-state index contributed by atoms with van der Waals surface area (Å²) in [4.78, 5) is 5.82. The van der Waals surface area contributed by atoms with Gasteiger partial charge in [-0.2, -0.15) is 12.1 Å². The van der Waals surface area contributed by atoms with Crippen molar-refractivity contribution in [2.75, 3.05) is 0 Å². The van der Waals surface area contributed by atoms with Crippen LogP contribution in [0.4, 0.5) is 0 Å². The maximum atomic E-state index is 4.72. The van der Waals surface area contributed by atoms with Gasteiger partial charge in [-0.1, -0.05) is 35.2 Å². The summed E-state index contributed by atoms with van der Waals surface area (Å²) in [5, 5.41) is 3.31. The first-order valence-corrected chi connectivity index (χ1v) is 6.37. The summed E-state index contributed by atoms with van der Waals surface area (Å²) < 4.78 is 0. The Morgan fingerprint density at radius 3 is 2.83 bits per heavy atom. The molecule has 3 heteroatoms. The van der Waals surface area contributed by atoms with Crippen LogP contribution in [0.15, 0.2) is 35.7 Å². The van der Waals surface area contributed by atoms with Crippen molar-refractivity contribution in [1.29, 1.82) is 0 Å². The summed E-state index contributed by atoms with van der Waals surface area (Å²) in [6, 6.07) is 13.6. The fourth-order valence-electron chi connectivity index (χ4n) is 2.29. The maximum Gasteiger partial charge on any atom is 0.0571 e.